The first-order valence-corrected chi connectivity index (χ1v) is 7.35. The van der Waals surface area contributed by atoms with Gasteiger partial charge in [-0.2, -0.15) is 0 Å². The largest absolute Gasteiger partial charge is 0.320 e. The Labute approximate surface area is 138 Å². The standard InChI is InChI=1S/C16H12BrF4NO/c1-16(2,8-6-4-3-5-7-8)15(23)22-14-12(20)10(18)9(17)11(19)13(14)21/h3-7H,1-2H3,(H,22,23). The van der Waals surface area contributed by atoms with E-state index in [9.17, 15) is 22.4 Å². The summed E-state index contributed by atoms with van der Waals surface area (Å²) in [6, 6.07) is 8.47. The van der Waals surface area contributed by atoms with Crippen LogP contribution in [0.15, 0.2) is 34.8 Å². The molecule has 0 fully saturated rings. The highest BCUT2D eigenvalue weighted by Gasteiger charge is 2.33. The highest BCUT2D eigenvalue weighted by atomic mass is 79.9. The van der Waals surface area contributed by atoms with Crippen molar-refractivity contribution in [2.45, 2.75) is 19.3 Å². The average Bonchev–Trinajstić information content (AvgIpc) is 2.55. The maximum absolute atomic E-state index is 13.8. The van der Waals surface area contributed by atoms with Crippen LogP contribution in [-0.2, 0) is 10.2 Å². The predicted molar refractivity (Wildman–Crippen MR) is 82.1 cm³/mol. The normalized spacial score (nSPS) is 11.4. The van der Waals surface area contributed by atoms with E-state index in [0.717, 1.165) is 0 Å². The van der Waals surface area contributed by atoms with Gasteiger partial charge in [-0.1, -0.05) is 30.3 Å². The second-order valence-corrected chi connectivity index (χ2v) is 6.18. The molecule has 2 aromatic carbocycles. The number of carbonyl (C=O) groups is 1. The molecule has 122 valence electrons. The molecule has 0 saturated heterocycles. The van der Waals surface area contributed by atoms with Crippen molar-refractivity contribution in [3.8, 4) is 0 Å². The zero-order valence-corrected chi connectivity index (χ0v) is 13.8. The van der Waals surface area contributed by atoms with Crippen LogP contribution in [0.1, 0.15) is 19.4 Å². The Kier molecular flexibility index (Phi) is 4.79. The number of benzene rings is 2. The summed E-state index contributed by atoms with van der Waals surface area (Å²) in [4.78, 5) is 12.3. The molecular formula is C16H12BrF4NO. The summed E-state index contributed by atoms with van der Waals surface area (Å²) in [6.45, 7) is 3.05. The van der Waals surface area contributed by atoms with Crippen molar-refractivity contribution in [3.05, 3.63) is 63.6 Å². The molecule has 0 atom stereocenters. The molecule has 0 spiro atoms. The highest BCUT2D eigenvalue weighted by molar-refractivity contribution is 9.10. The maximum Gasteiger partial charge on any atom is 0.234 e. The average molecular weight is 390 g/mol. The smallest absolute Gasteiger partial charge is 0.234 e. The lowest BCUT2D eigenvalue weighted by atomic mass is 9.83. The molecule has 0 aliphatic carbocycles. The summed E-state index contributed by atoms with van der Waals surface area (Å²) in [5.74, 6) is -7.38. The van der Waals surface area contributed by atoms with Crippen LogP contribution in [0, 0.1) is 23.3 Å². The molecule has 0 bridgehead atoms. The molecule has 0 unspecified atom stereocenters. The van der Waals surface area contributed by atoms with E-state index < -0.39 is 44.8 Å². The van der Waals surface area contributed by atoms with Crippen LogP contribution in [-0.4, -0.2) is 5.91 Å². The molecule has 0 heterocycles. The lowest BCUT2D eigenvalue weighted by Crippen LogP contribution is -2.35. The van der Waals surface area contributed by atoms with Gasteiger partial charge in [-0.05, 0) is 35.3 Å². The van der Waals surface area contributed by atoms with Gasteiger partial charge in [0.25, 0.3) is 0 Å². The molecule has 0 aliphatic heterocycles. The van der Waals surface area contributed by atoms with Crippen molar-refractivity contribution in [2.75, 3.05) is 5.32 Å². The van der Waals surface area contributed by atoms with Gasteiger partial charge in [0, 0.05) is 0 Å². The summed E-state index contributed by atoms with van der Waals surface area (Å²) < 4.78 is 53.7. The van der Waals surface area contributed by atoms with Crippen molar-refractivity contribution in [1.82, 2.24) is 0 Å². The van der Waals surface area contributed by atoms with Gasteiger partial charge < -0.3 is 5.32 Å². The molecule has 0 radical (unpaired) electrons. The summed E-state index contributed by atoms with van der Waals surface area (Å²) in [6.07, 6.45) is 0. The second kappa shape index (κ2) is 6.31. The molecule has 1 N–H and O–H groups in total. The van der Waals surface area contributed by atoms with E-state index in [1.54, 1.807) is 30.3 Å². The Balaban J connectivity index is 2.42. The Morgan fingerprint density at radius 1 is 0.957 bits per heavy atom. The van der Waals surface area contributed by atoms with Crippen LogP contribution in [0.5, 0.6) is 0 Å². The van der Waals surface area contributed by atoms with Crippen LogP contribution in [0.25, 0.3) is 0 Å². The van der Waals surface area contributed by atoms with Gasteiger partial charge in [0.2, 0.25) is 5.91 Å². The number of hydrogen-bond donors (Lipinski definition) is 1. The van der Waals surface area contributed by atoms with E-state index in [0.29, 0.717) is 5.56 Å². The van der Waals surface area contributed by atoms with Gasteiger partial charge in [-0.25, -0.2) is 17.6 Å². The summed E-state index contributed by atoms with van der Waals surface area (Å²) in [5.41, 5.74) is -1.74. The number of amides is 1. The minimum Gasteiger partial charge on any atom is -0.320 e. The fraction of sp³-hybridized carbons (Fsp3) is 0.188. The third-order valence-corrected chi connectivity index (χ3v) is 4.21. The summed E-state index contributed by atoms with van der Waals surface area (Å²) in [7, 11) is 0. The van der Waals surface area contributed by atoms with Gasteiger partial charge in [0.05, 0.1) is 9.89 Å². The lowest BCUT2D eigenvalue weighted by molar-refractivity contribution is -0.120. The number of hydrogen-bond acceptors (Lipinski definition) is 1. The number of halogens is 5. The lowest BCUT2D eigenvalue weighted by Gasteiger charge is -2.24. The zero-order chi connectivity index (χ0) is 17.4. The van der Waals surface area contributed by atoms with E-state index in [2.05, 4.69) is 15.9 Å². The number of carbonyl (C=O) groups excluding carboxylic acids is 1. The highest BCUT2D eigenvalue weighted by Crippen LogP contribution is 2.33. The Hall–Kier alpha value is -1.89. The van der Waals surface area contributed by atoms with Crippen molar-refractivity contribution in [1.29, 1.82) is 0 Å². The zero-order valence-electron chi connectivity index (χ0n) is 12.2. The van der Waals surface area contributed by atoms with Crippen LogP contribution < -0.4 is 5.32 Å². The fourth-order valence-electron chi connectivity index (χ4n) is 1.97. The SMILES string of the molecule is CC(C)(C(=O)Nc1c(F)c(F)c(Br)c(F)c1F)c1ccccc1. The molecule has 23 heavy (non-hydrogen) atoms. The van der Waals surface area contributed by atoms with Crippen LogP contribution >= 0.6 is 15.9 Å². The Morgan fingerprint density at radius 3 is 1.91 bits per heavy atom. The van der Waals surface area contributed by atoms with Crippen LogP contribution in [0.4, 0.5) is 23.2 Å². The Bertz CT molecular complexity index is 733. The molecule has 7 heteroatoms. The maximum atomic E-state index is 13.8. The molecule has 1 amide bonds. The fourth-order valence-corrected chi connectivity index (χ4v) is 2.32. The van der Waals surface area contributed by atoms with E-state index in [4.69, 9.17) is 0 Å². The van der Waals surface area contributed by atoms with Gasteiger partial charge in [0.1, 0.15) is 5.69 Å². The predicted octanol–water partition coefficient (Wildman–Crippen LogP) is 4.92. The first-order valence-electron chi connectivity index (χ1n) is 6.56. The quantitative estimate of drug-likeness (QED) is 0.450. The third-order valence-electron chi connectivity index (χ3n) is 3.51. The van der Waals surface area contributed by atoms with Gasteiger partial charge in [0.15, 0.2) is 23.3 Å². The minimum absolute atomic E-state index is 0.580. The second-order valence-electron chi connectivity index (χ2n) is 5.39. The summed E-state index contributed by atoms with van der Waals surface area (Å²) >= 11 is 2.41. The van der Waals surface area contributed by atoms with Crippen molar-refractivity contribution >= 4 is 27.5 Å². The number of rotatable bonds is 3. The monoisotopic (exact) mass is 389 g/mol. The van der Waals surface area contributed by atoms with E-state index in [1.807, 2.05) is 5.32 Å². The van der Waals surface area contributed by atoms with Gasteiger partial charge >= 0.3 is 0 Å². The molecule has 2 aromatic rings. The van der Waals surface area contributed by atoms with Crippen LogP contribution in [0.3, 0.4) is 0 Å². The van der Waals surface area contributed by atoms with Crippen molar-refractivity contribution in [2.24, 2.45) is 0 Å². The van der Waals surface area contributed by atoms with E-state index >= 15 is 0 Å². The first-order chi connectivity index (χ1) is 10.7. The van der Waals surface area contributed by atoms with Gasteiger partial charge in [-0.3, -0.25) is 4.79 Å². The molecule has 2 nitrogen and oxygen atoms in total. The topological polar surface area (TPSA) is 29.1 Å². The summed E-state index contributed by atoms with van der Waals surface area (Å²) in [5, 5.41) is 1.94. The third kappa shape index (κ3) is 3.10. The van der Waals surface area contributed by atoms with Gasteiger partial charge in [-0.15, -0.1) is 0 Å². The van der Waals surface area contributed by atoms with Crippen molar-refractivity contribution in [3.63, 3.8) is 0 Å². The minimum atomic E-state index is -1.67. The van der Waals surface area contributed by atoms with E-state index in [-0.39, 0.29) is 0 Å². The first kappa shape index (κ1) is 17.5. The molecule has 0 aliphatic rings. The number of nitrogens with one attached hydrogen (secondary N) is 1. The number of anilines is 1. The molecule has 0 saturated carbocycles. The molecule has 0 aromatic heterocycles. The molecular weight excluding hydrogens is 378 g/mol. The van der Waals surface area contributed by atoms with E-state index in [1.165, 1.54) is 13.8 Å². The van der Waals surface area contributed by atoms with Crippen molar-refractivity contribution < 1.29 is 22.4 Å². The van der Waals surface area contributed by atoms with Crippen LogP contribution in [0.2, 0.25) is 0 Å². The Morgan fingerprint density at radius 2 is 1.43 bits per heavy atom. The molecule has 2 rings (SSSR count).